The molecule has 0 aromatic heterocycles. The molecule has 1 saturated heterocycles. The number of methoxy groups -OCH3 is 1. The Balaban J connectivity index is 0.00000363. The zero-order valence-corrected chi connectivity index (χ0v) is 20.7. The fraction of sp³-hybridized carbons (Fsp3) is 0.435. The normalized spacial score (nSPS) is 16.0. The van der Waals surface area contributed by atoms with Gasteiger partial charge in [0.25, 0.3) is 0 Å². The number of halogens is 3. The molecule has 176 valence electrons. The van der Waals surface area contributed by atoms with E-state index in [1.54, 1.807) is 25.3 Å². The van der Waals surface area contributed by atoms with E-state index in [2.05, 4.69) is 37.4 Å². The van der Waals surface area contributed by atoms with Crippen molar-refractivity contribution in [3.63, 3.8) is 0 Å². The summed E-state index contributed by atoms with van der Waals surface area (Å²) in [5.74, 6) is 2.15. The average Bonchev–Trinajstić information content (AvgIpc) is 3.25. The number of para-hydroxylation sites is 1. The van der Waals surface area contributed by atoms with Gasteiger partial charge in [0.2, 0.25) is 0 Å². The molecule has 0 aliphatic carbocycles. The van der Waals surface area contributed by atoms with Crippen molar-refractivity contribution >= 4 is 35.6 Å². The molecule has 1 atom stereocenters. The van der Waals surface area contributed by atoms with Crippen molar-refractivity contribution in [3.8, 4) is 11.5 Å². The fourth-order valence-corrected chi connectivity index (χ4v) is 3.63. The van der Waals surface area contributed by atoms with E-state index >= 15 is 0 Å². The highest BCUT2D eigenvalue weighted by Crippen LogP contribution is 2.26. The number of rotatable bonds is 9. The second-order valence-corrected chi connectivity index (χ2v) is 7.36. The summed E-state index contributed by atoms with van der Waals surface area (Å²) < 4.78 is 35.2. The molecule has 0 radical (unpaired) electrons. The molecule has 1 aliphatic rings. The summed E-state index contributed by atoms with van der Waals surface area (Å²) in [6, 6.07) is 14.8. The molecule has 0 spiro atoms. The van der Waals surface area contributed by atoms with Gasteiger partial charge >= 0.3 is 6.61 Å². The van der Waals surface area contributed by atoms with Gasteiger partial charge in [-0.05, 0) is 37.5 Å². The van der Waals surface area contributed by atoms with Crippen LogP contribution in [0.4, 0.5) is 14.5 Å². The molecule has 1 aliphatic heterocycles. The highest BCUT2D eigenvalue weighted by atomic mass is 127. The first-order valence-electron chi connectivity index (χ1n) is 10.5. The van der Waals surface area contributed by atoms with Crippen LogP contribution in [0.1, 0.15) is 18.9 Å². The number of ether oxygens (including phenoxy) is 2. The zero-order valence-electron chi connectivity index (χ0n) is 18.4. The largest absolute Gasteiger partial charge is 0.497 e. The van der Waals surface area contributed by atoms with Crippen molar-refractivity contribution in [1.29, 1.82) is 0 Å². The minimum absolute atomic E-state index is 0. The van der Waals surface area contributed by atoms with Gasteiger partial charge in [0, 0.05) is 43.5 Å². The number of aliphatic imine (C=N–C) groups is 1. The summed E-state index contributed by atoms with van der Waals surface area (Å²) in [4.78, 5) is 6.91. The van der Waals surface area contributed by atoms with Crippen molar-refractivity contribution in [2.75, 3.05) is 38.2 Å². The fourth-order valence-electron chi connectivity index (χ4n) is 3.63. The lowest BCUT2D eigenvalue weighted by Gasteiger charge is -2.20. The Morgan fingerprint density at radius 1 is 1.19 bits per heavy atom. The number of alkyl halides is 2. The SMILES string of the molecule is CCNC(=NCc1ccccc1OC(F)F)NCC1CCN(c2cccc(OC)c2)C1.I. The molecule has 1 fully saturated rings. The van der Waals surface area contributed by atoms with Crippen molar-refractivity contribution in [2.45, 2.75) is 26.5 Å². The van der Waals surface area contributed by atoms with Gasteiger partial charge in [-0.3, -0.25) is 0 Å². The maximum atomic E-state index is 12.6. The summed E-state index contributed by atoms with van der Waals surface area (Å²) >= 11 is 0. The van der Waals surface area contributed by atoms with Crippen LogP contribution in [0.15, 0.2) is 53.5 Å². The van der Waals surface area contributed by atoms with E-state index in [4.69, 9.17) is 4.74 Å². The van der Waals surface area contributed by atoms with Crippen molar-refractivity contribution in [3.05, 3.63) is 54.1 Å². The number of benzene rings is 2. The number of anilines is 1. The molecular weight excluding hydrogens is 529 g/mol. The van der Waals surface area contributed by atoms with Gasteiger partial charge in [-0.1, -0.05) is 24.3 Å². The zero-order chi connectivity index (χ0) is 22.1. The quantitative estimate of drug-likeness (QED) is 0.269. The topological polar surface area (TPSA) is 58.1 Å². The monoisotopic (exact) mass is 560 g/mol. The van der Waals surface area contributed by atoms with E-state index in [1.165, 1.54) is 6.07 Å². The Morgan fingerprint density at radius 2 is 2.00 bits per heavy atom. The van der Waals surface area contributed by atoms with Crippen LogP contribution in [0.3, 0.4) is 0 Å². The third-order valence-electron chi connectivity index (χ3n) is 5.20. The summed E-state index contributed by atoms with van der Waals surface area (Å²) in [6.07, 6.45) is 1.08. The second-order valence-electron chi connectivity index (χ2n) is 7.36. The van der Waals surface area contributed by atoms with E-state index in [0.29, 0.717) is 24.0 Å². The van der Waals surface area contributed by atoms with Gasteiger partial charge < -0.3 is 25.0 Å². The molecule has 2 N–H and O–H groups in total. The van der Waals surface area contributed by atoms with E-state index in [-0.39, 0.29) is 36.3 Å². The van der Waals surface area contributed by atoms with Gasteiger partial charge in [-0.15, -0.1) is 24.0 Å². The third-order valence-corrected chi connectivity index (χ3v) is 5.20. The van der Waals surface area contributed by atoms with E-state index in [0.717, 1.165) is 37.5 Å². The Morgan fingerprint density at radius 3 is 2.75 bits per heavy atom. The standard InChI is InChI=1S/C23H30F2N4O2.HI/c1-3-26-23(28-15-18-7-4-5-10-21(18)31-22(24)25)27-14-17-11-12-29(16-17)19-8-6-9-20(13-19)30-2;/h4-10,13,17,22H,3,11-12,14-16H2,1-2H3,(H2,26,27,28);1H. The van der Waals surface area contributed by atoms with Gasteiger partial charge in [0.05, 0.1) is 13.7 Å². The number of nitrogens with zero attached hydrogens (tertiary/aromatic N) is 2. The molecular formula is C23H31F2IN4O2. The maximum absolute atomic E-state index is 12.6. The van der Waals surface area contributed by atoms with Crippen LogP contribution in [0.5, 0.6) is 11.5 Å². The van der Waals surface area contributed by atoms with Crippen LogP contribution < -0.4 is 25.0 Å². The minimum Gasteiger partial charge on any atom is -0.497 e. The number of guanidine groups is 1. The van der Waals surface area contributed by atoms with Crippen LogP contribution in [0.2, 0.25) is 0 Å². The molecule has 3 rings (SSSR count). The maximum Gasteiger partial charge on any atom is 0.387 e. The van der Waals surface area contributed by atoms with Crippen LogP contribution >= 0.6 is 24.0 Å². The Bertz CT molecular complexity index is 869. The number of hydrogen-bond donors (Lipinski definition) is 2. The Kier molecular flexibility index (Phi) is 10.8. The van der Waals surface area contributed by atoms with Gasteiger partial charge in [0.15, 0.2) is 5.96 Å². The molecule has 1 unspecified atom stereocenters. The molecule has 0 bridgehead atoms. The highest BCUT2D eigenvalue weighted by molar-refractivity contribution is 14.0. The van der Waals surface area contributed by atoms with Crippen molar-refractivity contribution < 1.29 is 18.3 Å². The van der Waals surface area contributed by atoms with Gasteiger partial charge in [0.1, 0.15) is 11.5 Å². The molecule has 6 nitrogen and oxygen atoms in total. The lowest BCUT2D eigenvalue weighted by atomic mass is 10.1. The molecule has 9 heteroatoms. The predicted octanol–water partition coefficient (Wildman–Crippen LogP) is 4.50. The van der Waals surface area contributed by atoms with Crippen LogP contribution in [0, 0.1) is 5.92 Å². The van der Waals surface area contributed by atoms with Crippen LogP contribution in [-0.2, 0) is 6.54 Å². The summed E-state index contributed by atoms with van der Waals surface area (Å²) in [6.45, 7) is 2.81. The molecule has 32 heavy (non-hydrogen) atoms. The van der Waals surface area contributed by atoms with E-state index in [1.807, 2.05) is 19.1 Å². The van der Waals surface area contributed by atoms with Crippen molar-refractivity contribution in [1.82, 2.24) is 10.6 Å². The third kappa shape index (κ3) is 7.68. The predicted molar refractivity (Wildman–Crippen MR) is 135 cm³/mol. The molecule has 0 saturated carbocycles. The lowest BCUT2D eigenvalue weighted by Crippen LogP contribution is -2.40. The Labute approximate surface area is 205 Å². The summed E-state index contributed by atoms with van der Waals surface area (Å²) in [7, 11) is 1.68. The summed E-state index contributed by atoms with van der Waals surface area (Å²) in [5.41, 5.74) is 1.78. The smallest absolute Gasteiger partial charge is 0.387 e. The highest BCUT2D eigenvalue weighted by Gasteiger charge is 2.23. The molecule has 2 aromatic carbocycles. The van der Waals surface area contributed by atoms with Crippen LogP contribution in [0.25, 0.3) is 0 Å². The molecule has 1 heterocycles. The first kappa shape index (κ1) is 26.0. The van der Waals surface area contributed by atoms with Gasteiger partial charge in [-0.25, -0.2) is 4.99 Å². The van der Waals surface area contributed by atoms with Crippen LogP contribution in [-0.4, -0.2) is 45.9 Å². The van der Waals surface area contributed by atoms with E-state index < -0.39 is 6.61 Å². The lowest BCUT2D eigenvalue weighted by molar-refractivity contribution is -0.0504. The molecule has 0 amide bonds. The number of nitrogens with one attached hydrogen (secondary N) is 2. The van der Waals surface area contributed by atoms with E-state index in [9.17, 15) is 8.78 Å². The first-order chi connectivity index (χ1) is 15.1. The minimum atomic E-state index is -2.86. The summed E-state index contributed by atoms with van der Waals surface area (Å²) in [5, 5.41) is 6.60. The first-order valence-corrected chi connectivity index (χ1v) is 10.5. The van der Waals surface area contributed by atoms with Crippen molar-refractivity contribution in [2.24, 2.45) is 10.9 Å². The number of hydrogen-bond acceptors (Lipinski definition) is 4. The van der Waals surface area contributed by atoms with Gasteiger partial charge in [-0.2, -0.15) is 8.78 Å². The molecule has 2 aromatic rings. The Hall–Kier alpha value is -2.30. The average molecular weight is 560 g/mol. The second kappa shape index (κ2) is 13.3.